The van der Waals surface area contributed by atoms with Crippen molar-refractivity contribution in [3.8, 4) is 5.75 Å². The van der Waals surface area contributed by atoms with E-state index in [4.69, 9.17) is 10.6 Å². The lowest BCUT2D eigenvalue weighted by atomic mass is 10.2. The number of hydrogen-bond donors (Lipinski definition) is 2. The molecule has 1 heterocycles. The standard InChI is InChI=1S/C13H14N4O2S/c14-17-13(18)10-2-1-3-11(8-10)19-6-7-20-12-4-5-15-9-16-12/h1-5,8-9H,6-7,14H2,(H,17,18). The number of thioether (sulfide) groups is 1. The molecule has 7 heteroatoms. The molecule has 0 aliphatic heterocycles. The van der Waals surface area contributed by atoms with Crippen LogP contribution in [0.15, 0.2) is 47.9 Å². The second kappa shape index (κ2) is 7.46. The molecule has 0 radical (unpaired) electrons. The third kappa shape index (κ3) is 4.22. The molecule has 0 fully saturated rings. The Kier molecular flexibility index (Phi) is 5.33. The maximum absolute atomic E-state index is 11.4. The van der Waals surface area contributed by atoms with Gasteiger partial charge in [-0.3, -0.25) is 10.2 Å². The number of rotatable bonds is 6. The Morgan fingerprint density at radius 3 is 3.05 bits per heavy atom. The van der Waals surface area contributed by atoms with Crippen LogP contribution in [0.25, 0.3) is 0 Å². The predicted octanol–water partition coefficient (Wildman–Crippen LogP) is 1.25. The van der Waals surface area contributed by atoms with Crippen LogP contribution in [-0.4, -0.2) is 28.2 Å². The van der Waals surface area contributed by atoms with Gasteiger partial charge in [0.25, 0.3) is 5.91 Å². The molecule has 20 heavy (non-hydrogen) atoms. The van der Waals surface area contributed by atoms with Crippen LogP contribution in [0.2, 0.25) is 0 Å². The van der Waals surface area contributed by atoms with Crippen molar-refractivity contribution < 1.29 is 9.53 Å². The lowest BCUT2D eigenvalue weighted by molar-refractivity contribution is 0.0953. The monoisotopic (exact) mass is 290 g/mol. The molecule has 0 saturated carbocycles. The van der Waals surface area contributed by atoms with Crippen LogP contribution in [0.1, 0.15) is 10.4 Å². The average Bonchev–Trinajstić information content (AvgIpc) is 2.52. The third-order valence-electron chi connectivity index (χ3n) is 2.38. The first-order valence-corrected chi connectivity index (χ1v) is 6.91. The summed E-state index contributed by atoms with van der Waals surface area (Å²) in [5.74, 6) is 6.13. The fourth-order valence-electron chi connectivity index (χ4n) is 1.48. The Morgan fingerprint density at radius 2 is 2.30 bits per heavy atom. The zero-order valence-electron chi connectivity index (χ0n) is 10.7. The van der Waals surface area contributed by atoms with Crippen LogP contribution in [0.3, 0.4) is 0 Å². The van der Waals surface area contributed by atoms with E-state index in [0.29, 0.717) is 17.9 Å². The van der Waals surface area contributed by atoms with Gasteiger partial charge in [0, 0.05) is 17.5 Å². The minimum atomic E-state index is -0.342. The van der Waals surface area contributed by atoms with Crippen LogP contribution in [0.4, 0.5) is 0 Å². The normalized spacial score (nSPS) is 10.1. The molecule has 0 spiro atoms. The third-order valence-corrected chi connectivity index (χ3v) is 3.29. The van der Waals surface area contributed by atoms with Gasteiger partial charge in [-0.05, 0) is 24.3 Å². The molecule has 0 saturated heterocycles. The highest BCUT2D eigenvalue weighted by Gasteiger charge is 2.04. The number of hydrazine groups is 1. The van der Waals surface area contributed by atoms with Crippen molar-refractivity contribution in [2.45, 2.75) is 5.03 Å². The van der Waals surface area contributed by atoms with E-state index in [-0.39, 0.29) is 5.91 Å². The topological polar surface area (TPSA) is 90.1 Å². The summed E-state index contributed by atoms with van der Waals surface area (Å²) in [6.45, 7) is 0.516. The van der Waals surface area contributed by atoms with Gasteiger partial charge in [0.05, 0.1) is 11.6 Å². The SMILES string of the molecule is NNC(=O)c1cccc(OCCSc2ccncn2)c1. The quantitative estimate of drug-likeness (QED) is 0.208. The van der Waals surface area contributed by atoms with Crippen LogP contribution in [0, 0.1) is 0 Å². The van der Waals surface area contributed by atoms with Crippen molar-refractivity contribution in [3.05, 3.63) is 48.4 Å². The van der Waals surface area contributed by atoms with Crippen LogP contribution in [-0.2, 0) is 0 Å². The van der Waals surface area contributed by atoms with Crippen molar-refractivity contribution in [1.29, 1.82) is 0 Å². The van der Waals surface area contributed by atoms with Crippen molar-refractivity contribution >= 4 is 17.7 Å². The van der Waals surface area contributed by atoms with Crippen molar-refractivity contribution in [1.82, 2.24) is 15.4 Å². The summed E-state index contributed by atoms with van der Waals surface area (Å²) < 4.78 is 5.58. The van der Waals surface area contributed by atoms with Crippen molar-refractivity contribution in [2.75, 3.05) is 12.4 Å². The van der Waals surface area contributed by atoms with Gasteiger partial charge in [0.1, 0.15) is 12.1 Å². The number of carbonyl (C=O) groups excluding carboxylic acids is 1. The van der Waals surface area contributed by atoms with E-state index in [2.05, 4.69) is 15.4 Å². The Balaban J connectivity index is 1.81. The van der Waals surface area contributed by atoms with Gasteiger partial charge in [-0.15, -0.1) is 11.8 Å². The Bertz CT molecular complexity index is 565. The number of aromatic nitrogens is 2. The summed E-state index contributed by atoms with van der Waals surface area (Å²) >= 11 is 1.58. The predicted molar refractivity (Wildman–Crippen MR) is 76.3 cm³/mol. The fourth-order valence-corrected chi connectivity index (χ4v) is 2.13. The fraction of sp³-hybridized carbons (Fsp3) is 0.154. The number of carbonyl (C=O) groups is 1. The molecule has 0 atom stereocenters. The molecule has 0 aliphatic rings. The molecular weight excluding hydrogens is 276 g/mol. The molecule has 104 valence electrons. The molecule has 0 unspecified atom stereocenters. The highest BCUT2D eigenvalue weighted by molar-refractivity contribution is 7.99. The molecule has 2 rings (SSSR count). The highest BCUT2D eigenvalue weighted by atomic mass is 32.2. The van der Waals surface area contributed by atoms with Gasteiger partial charge in [0.15, 0.2) is 0 Å². The largest absolute Gasteiger partial charge is 0.493 e. The van der Waals surface area contributed by atoms with Gasteiger partial charge in [-0.1, -0.05) is 6.07 Å². The van der Waals surface area contributed by atoms with Gasteiger partial charge < -0.3 is 4.74 Å². The van der Waals surface area contributed by atoms with Gasteiger partial charge in [-0.2, -0.15) is 0 Å². The number of nitrogens with one attached hydrogen (secondary N) is 1. The summed E-state index contributed by atoms with van der Waals surface area (Å²) in [7, 11) is 0. The van der Waals surface area contributed by atoms with E-state index < -0.39 is 0 Å². The molecule has 1 aromatic heterocycles. The molecule has 1 amide bonds. The maximum Gasteiger partial charge on any atom is 0.265 e. The van der Waals surface area contributed by atoms with Gasteiger partial charge >= 0.3 is 0 Å². The smallest absolute Gasteiger partial charge is 0.265 e. The number of nitrogens with two attached hydrogens (primary N) is 1. The number of nitrogens with zero attached hydrogens (tertiary/aromatic N) is 2. The van der Waals surface area contributed by atoms with E-state index in [9.17, 15) is 4.79 Å². The number of amides is 1. The molecule has 2 aromatic rings. The minimum Gasteiger partial charge on any atom is -0.493 e. The van der Waals surface area contributed by atoms with Crippen molar-refractivity contribution in [2.24, 2.45) is 5.84 Å². The molecule has 0 aliphatic carbocycles. The first-order valence-electron chi connectivity index (χ1n) is 5.92. The van der Waals surface area contributed by atoms with Crippen LogP contribution < -0.4 is 16.0 Å². The average molecular weight is 290 g/mol. The lowest BCUT2D eigenvalue weighted by Gasteiger charge is -2.07. The van der Waals surface area contributed by atoms with E-state index >= 15 is 0 Å². The summed E-state index contributed by atoms with van der Waals surface area (Å²) in [6, 6.07) is 8.71. The van der Waals surface area contributed by atoms with Gasteiger partial charge in [0.2, 0.25) is 0 Å². The van der Waals surface area contributed by atoms with E-state index in [1.807, 2.05) is 6.07 Å². The number of benzene rings is 1. The Labute approximate surface area is 120 Å². The van der Waals surface area contributed by atoms with E-state index in [1.54, 1.807) is 42.2 Å². The summed E-state index contributed by atoms with van der Waals surface area (Å²) in [5, 5.41) is 0.903. The zero-order valence-corrected chi connectivity index (χ0v) is 11.5. The van der Waals surface area contributed by atoms with Gasteiger partial charge in [-0.25, -0.2) is 15.8 Å². The molecular formula is C13H14N4O2S. The Hall–Kier alpha value is -2.12. The van der Waals surface area contributed by atoms with E-state index in [1.165, 1.54) is 6.33 Å². The second-order valence-corrected chi connectivity index (χ2v) is 4.86. The van der Waals surface area contributed by atoms with E-state index in [0.717, 1.165) is 10.8 Å². The molecule has 1 aromatic carbocycles. The van der Waals surface area contributed by atoms with Crippen LogP contribution in [0.5, 0.6) is 5.75 Å². The van der Waals surface area contributed by atoms with Crippen LogP contribution >= 0.6 is 11.8 Å². The number of hydrogen-bond acceptors (Lipinski definition) is 6. The Morgan fingerprint density at radius 1 is 1.40 bits per heavy atom. The first-order chi connectivity index (χ1) is 9.79. The number of ether oxygens (including phenoxy) is 1. The number of nitrogen functional groups attached to an aromatic ring is 1. The molecule has 0 bridgehead atoms. The maximum atomic E-state index is 11.4. The summed E-state index contributed by atoms with van der Waals surface area (Å²) in [4.78, 5) is 19.3. The second-order valence-electron chi connectivity index (χ2n) is 3.75. The summed E-state index contributed by atoms with van der Waals surface area (Å²) in [6.07, 6.45) is 3.21. The lowest BCUT2D eigenvalue weighted by Crippen LogP contribution is -2.29. The molecule has 6 nitrogen and oxygen atoms in total. The highest BCUT2D eigenvalue weighted by Crippen LogP contribution is 2.16. The van der Waals surface area contributed by atoms with Crippen molar-refractivity contribution in [3.63, 3.8) is 0 Å². The summed E-state index contributed by atoms with van der Waals surface area (Å²) in [5.41, 5.74) is 2.55. The minimum absolute atomic E-state index is 0.342. The first kappa shape index (κ1) is 14.3. The molecule has 3 N–H and O–H groups in total. The zero-order chi connectivity index (χ0) is 14.2.